The van der Waals surface area contributed by atoms with Crippen molar-refractivity contribution in [3.8, 4) is 0 Å². The Labute approximate surface area is 217 Å². The Balaban J connectivity index is 2.41. The monoisotopic (exact) mass is 599 g/mol. The van der Waals surface area contributed by atoms with Crippen molar-refractivity contribution < 1.29 is 18.0 Å². The number of amides is 2. The lowest BCUT2D eigenvalue weighted by molar-refractivity contribution is -0.140. The summed E-state index contributed by atoms with van der Waals surface area (Å²) in [5, 5.41) is 2.97. The molecular formula is C25H34IN3O4S. The molecule has 0 saturated heterocycles. The minimum Gasteiger partial charge on any atom is -0.352 e. The summed E-state index contributed by atoms with van der Waals surface area (Å²) in [4.78, 5) is 28.2. The highest BCUT2D eigenvalue weighted by molar-refractivity contribution is 14.1. The number of anilines is 1. The summed E-state index contributed by atoms with van der Waals surface area (Å²) in [6, 6.07) is 13.9. The van der Waals surface area contributed by atoms with E-state index in [4.69, 9.17) is 0 Å². The third-order valence-electron chi connectivity index (χ3n) is 5.65. The van der Waals surface area contributed by atoms with E-state index in [2.05, 4.69) is 27.9 Å². The molecule has 0 fully saturated rings. The zero-order valence-electron chi connectivity index (χ0n) is 20.4. The summed E-state index contributed by atoms with van der Waals surface area (Å²) in [5.74, 6) is -0.673. The molecule has 0 aliphatic carbocycles. The lowest BCUT2D eigenvalue weighted by atomic mass is 10.1. The Morgan fingerprint density at radius 2 is 1.59 bits per heavy atom. The first-order valence-corrected chi connectivity index (χ1v) is 14.3. The molecule has 0 unspecified atom stereocenters. The van der Waals surface area contributed by atoms with Crippen LogP contribution in [0.15, 0.2) is 48.5 Å². The fraction of sp³-hybridized carbons (Fsp3) is 0.440. The molecule has 7 nitrogen and oxygen atoms in total. The fourth-order valence-corrected chi connectivity index (χ4v) is 4.68. The molecule has 2 aromatic carbocycles. The third kappa shape index (κ3) is 7.97. The number of rotatable bonds is 11. The molecule has 34 heavy (non-hydrogen) atoms. The second-order valence-electron chi connectivity index (χ2n) is 8.50. The van der Waals surface area contributed by atoms with E-state index in [0.717, 1.165) is 31.7 Å². The fourth-order valence-electron chi connectivity index (χ4n) is 3.47. The van der Waals surface area contributed by atoms with Gasteiger partial charge in [-0.3, -0.25) is 13.9 Å². The summed E-state index contributed by atoms with van der Waals surface area (Å²) in [6.45, 7) is 7.54. The molecule has 9 heteroatoms. The number of sulfonamides is 1. The minimum atomic E-state index is -3.73. The van der Waals surface area contributed by atoms with Gasteiger partial charge < -0.3 is 10.2 Å². The van der Waals surface area contributed by atoms with Gasteiger partial charge in [-0.25, -0.2) is 8.42 Å². The van der Waals surface area contributed by atoms with Gasteiger partial charge in [0.1, 0.15) is 12.6 Å². The van der Waals surface area contributed by atoms with Crippen LogP contribution < -0.4 is 9.62 Å². The van der Waals surface area contributed by atoms with Crippen LogP contribution >= 0.6 is 22.6 Å². The van der Waals surface area contributed by atoms with E-state index in [1.807, 2.05) is 52.0 Å². The molecule has 2 amide bonds. The Bertz CT molecular complexity index is 1070. The zero-order chi connectivity index (χ0) is 25.5. The molecule has 2 rings (SSSR count). The average molecular weight is 600 g/mol. The van der Waals surface area contributed by atoms with Crippen LogP contribution in [0.4, 0.5) is 5.69 Å². The van der Waals surface area contributed by atoms with Crippen LogP contribution in [0.2, 0.25) is 0 Å². The van der Waals surface area contributed by atoms with Crippen molar-refractivity contribution in [1.29, 1.82) is 0 Å². The second-order valence-corrected chi connectivity index (χ2v) is 11.6. The SMILES string of the molecule is CC[C@H](C(=O)N[C@@H](C)CC)N(Cc1ccc(C)cc1)C(=O)CN(c1ccc(I)cc1)S(C)(=O)=O. The van der Waals surface area contributed by atoms with Crippen LogP contribution in [0.5, 0.6) is 0 Å². The van der Waals surface area contributed by atoms with Gasteiger partial charge in [-0.15, -0.1) is 0 Å². The van der Waals surface area contributed by atoms with Gasteiger partial charge in [0.05, 0.1) is 11.9 Å². The van der Waals surface area contributed by atoms with Gasteiger partial charge in [-0.2, -0.15) is 0 Å². The van der Waals surface area contributed by atoms with E-state index in [0.29, 0.717) is 12.1 Å². The molecule has 0 aromatic heterocycles. The van der Waals surface area contributed by atoms with Crippen LogP contribution in [0, 0.1) is 10.5 Å². The van der Waals surface area contributed by atoms with Crippen LogP contribution in [-0.2, 0) is 26.2 Å². The highest BCUT2D eigenvalue weighted by Crippen LogP contribution is 2.21. The number of nitrogens with zero attached hydrogens (tertiary/aromatic N) is 2. The molecule has 0 bridgehead atoms. The molecule has 186 valence electrons. The summed E-state index contributed by atoms with van der Waals surface area (Å²) >= 11 is 2.14. The maximum absolute atomic E-state index is 13.6. The molecule has 0 saturated carbocycles. The maximum Gasteiger partial charge on any atom is 0.244 e. The largest absolute Gasteiger partial charge is 0.352 e. The molecule has 2 atom stereocenters. The lowest BCUT2D eigenvalue weighted by Gasteiger charge is -2.33. The number of benzene rings is 2. The Kier molecular flexibility index (Phi) is 10.4. The van der Waals surface area contributed by atoms with E-state index < -0.39 is 28.5 Å². The number of nitrogens with one attached hydrogen (secondary N) is 1. The molecule has 0 aliphatic heterocycles. The Morgan fingerprint density at radius 1 is 1.00 bits per heavy atom. The standard InChI is InChI=1S/C25H34IN3O4S/c1-6-19(4)27-25(31)23(7-2)28(16-20-10-8-18(3)9-11-20)24(30)17-29(34(5,32)33)22-14-12-21(26)13-15-22/h8-15,19,23H,6-7,16-17H2,1-5H3,(H,27,31)/t19-,23+/m0/s1. The van der Waals surface area contributed by atoms with Gasteiger partial charge in [-0.1, -0.05) is 43.7 Å². The number of hydrogen-bond acceptors (Lipinski definition) is 4. The van der Waals surface area contributed by atoms with Gasteiger partial charge in [0.2, 0.25) is 21.8 Å². The number of carbonyl (C=O) groups excluding carboxylic acids is 2. The molecule has 1 N–H and O–H groups in total. The molecule has 0 spiro atoms. The average Bonchev–Trinajstić information content (AvgIpc) is 2.78. The Morgan fingerprint density at radius 3 is 2.09 bits per heavy atom. The number of aryl methyl sites for hydroxylation is 1. The first-order valence-electron chi connectivity index (χ1n) is 11.3. The van der Waals surface area contributed by atoms with Crippen molar-refractivity contribution in [3.63, 3.8) is 0 Å². The van der Waals surface area contributed by atoms with Crippen LogP contribution in [-0.4, -0.2) is 50.0 Å². The van der Waals surface area contributed by atoms with Gasteiger partial charge in [0, 0.05) is 16.2 Å². The number of carbonyl (C=O) groups is 2. The van der Waals surface area contributed by atoms with E-state index >= 15 is 0 Å². The molecule has 0 heterocycles. The Hall–Kier alpha value is -2.14. The van der Waals surface area contributed by atoms with E-state index in [1.54, 1.807) is 24.3 Å². The van der Waals surface area contributed by atoms with Crippen LogP contribution in [0.25, 0.3) is 0 Å². The topological polar surface area (TPSA) is 86.8 Å². The van der Waals surface area contributed by atoms with Crippen molar-refractivity contribution >= 4 is 50.1 Å². The van der Waals surface area contributed by atoms with Gasteiger partial charge >= 0.3 is 0 Å². The minimum absolute atomic E-state index is 0.0304. The molecule has 2 aromatic rings. The van der Waals surface area contributed by atoms with Crippen LogP contribution in [0.1, 0.15) is 44.7 Å². The summed E-state index contributed by atoms with van der Waals surface area (Å²) in [6.07, 6.45) is 2.25. The number of hydrogen-bond donors (Lipinski definition) is 1. The third-order valence-corrected chi connectivity index (χ3v) is 7.51. The van der Waals surface area contributed by atoms with E-state index in [-0.39, 0.29) is 18.5 Å². The highest BCUT2D eigenvalue weighted by Gasteiger charge is 2.32. The maximum atomic E-state index is 13.6. The molecular weight excluding hydrogens is 565 g/mol. The van der Waals surface area contributed by atoms with E-state index in [9.17, 15) is 18.0 Å². The first-order chi connectivity index (χ1) is 16.0. The van der Waals surface area contributed by atoms with Crippen LogP contribution in [0.3, 0.4) is 0 Å². The predicted molar refractivity (Wildman–Crippen MR) is 145 cm³/mol. The number of halogens is 1. The van der Waals surface area contributed by atoms with Crippen molar-refractivity contribution in [2.75, 3.05) is 17.1 Å². The summed E-state index contributed by atoms with van der Waals surface area (Å²) in [7, 11) is -3.73. The lowest BCUT2D eigenvalue weighted by Crippen LogP contribution is -2.53. The quantitative estimate of drug-likeness (QED) is 0.395. The van der Waals surface area contributed by atoms with Gasteiger partial charge in [0.25, 0.3) is 0 Å². The smallest absolute Gasteiger partial charge is 0.244 e. The normalized spacial score (nSPS) is 13.1. The van der Waals surface area contributed by atoms with Crippen molar-refractivity contribution in [2.24, 2.45) is 0 Å². The highest BCUT2D eigenvalue weighted by atomic mass is 127. The first kappa shape index (κ1) is 28.1. The van der Waals surface area contributed by atoms with Gasteiger partial charge in [-0.05, 0) is 79.1 Å². The molecule has 0 aliphatic rings. The zero-order valence-corrected chi connectivity index (χ0v) is 23.4. The predicted octanol–water partition coefficient (Wildman–Crippen LogP) is 4.09. The summed E-state index contributed by atoms with van der Waals surface area (Å²) < 4.78 is 27.2. The van der Waals surface area contributed by atoms with E-state index in [1.165, 1.54) is 4.90 Å². The summed E-state index contributed by atoms with van der Waals surface area (Å²) in [5.41, 5.74) is 2.36. The van der Waals surface area contributed by atoms with Crippen molar-refractivity contribution in [2.45, 2.75) is 59.2 Å². The molecule has 0 radical (unpaired) electrons. The van der Waals surface area contributed by atoms with Crippen molar-refractivity contribution in [3.05, 3.63) is 63.2 Å². The second kappa shape index (κ2) is 12.5. The van der Waals surface area contributed by atoms with Gasteiger partial charge in [0.15, 0.2) is 0 Å². The van der Waals surface area contributed by atoms with Crippen molar-refractivity contribution in [1.82, 2.24) is 10.2 Å².